The van der Waals surface area contributed by atoms with Gasteiger partial charge in [0.15, 0.2) is 5.82 Å². The highest BCUT2D eigenvalue weighted by Crippen LogP contribution is 2.35. The van der Waals surface area contributed by atoms with Gasteiger partial charge in [0.1, 0.15) is 10.7 Å². The van der Waals surface area contributed by atoms with Crippen LogP contribution < -0.4 is 15.4 Å². The van der Waals surface area contributed by atoms with E-state index in [-0.39, 0.29) is 6.10 Å². The van der Waals surface area contributed by atoms with E-state index < -0.39 is 0 Å². The molecule has 140 valence electrons. The zero-order valence-electron chi connectivity index (χ0n) is 15.0. The van der Waals surface area contributed by atoms with Crippen molar-refractivity contribution in [3.05, 3.63) is 16.9 Å². The molecule has 2 bridgehead atoms. The van der Waals surface area contributed by atoms with Crippen LogP contribution in [-0.4, -0.2) is 45.6 Å². The molecule has 1 atom stereocenters. The van der Waals surface area contributed by atoms with E-state index in [2.05, 4.69) is 20.6 Å². The maximum atomic E-state index is 6.19. The first-order valence-corrected chi connectivity index (χ1v) is 9.36. The van der Waals surface area contributed by atoms with Gasteiger partial charge in [0, 0.05) is 26.2 Å². The average Bonchev–Trinajstić information content (AvgIpc) is 2.93. The number of aromatic nitrogens is 4. The zero-order chi connectivity index (χ0) is 18.1. The molecule has 2 aromatic heterocycles. The predicted octanol–water partition coefficient (Wildman–Crippen LogP) is 3.31. The second-order valence-corrected chi connectivity index (χ2v) is 7.12. The number of rotatable bonds is 1. The third-order valence-electron chi connectivity index (χ3n) is 4.79. The van der Waals surface area contributed by atoms with Crippen LogP contribution in [0.3, 0.4) is 0 Å². The fourth-order valence-electron chi connectivity index (χ4n) is 3.31. The van der Waals surface area contributed by atoms with Gasteiger partial charge < -0.3 is 20.1 Å². The molecule has 0 radical (unpaired) electrons. The number of halogens is 1. The molecular formula is C17H23ClN6O2. The summed E-state index contributed by atoms with van der Waals surface area (Å²) in [5.74, 6) is 1.67. The van der Waals surface area contributed by atoms with Crippen LogP contribution in [0.5, 0.6) is 5.88 Å². The summed E-state index contributed by atoms with van der Waals surface area (Å²) in [6, 6.07) is 0.313. The minimum absolute atomic E-state index is 0.00346. The SMILES string of the molecule is Cc1c2c(nn1C1CCOCC1)OC(C)CCNc1nc(ncc1Cl)N2. The summed E-state index contributed by atoms with van der Waals surface area (Å²) in [5.41, 5.74) is 1.81. The summed E-state index contributed by atoms with van der Waals surface area (Å²) < 4.78 is 13.7. The molecule has 1 saturated heterocycles. The number of nitrogens with zero attached hydrogens (tertiary/aromatic N) is 4. The molecule has 2 aliphatic heterocycles. The van der Waals surface area contributed by atoms with Gasteiger partial charge in [-0.25, -0.2) is 4.98 Å². The van der Waals surface area contributed by atoms with Crippen LogP contribution in [0.4, 0.5) is 17.5 Å². The Kier molecular flexibility index (Phi) is 4.86. The molecule has 2 aliphatic rings. The Morgan fingerprint density at radius 2 is 2.08 bits per heavy atom. The Labute approximate surface area is 157 Å². The fourth-order valence-corrected chi connectivity index (χ4v) is 3.47. The van der Waals surface area contributed by atoms with Crippen LogP contribution in [0.2, 0.25) is 5.02 Å². The van der Waals surface area contributed by atoms with Crippen LogP contribution in [-0.2, 0) is 4.74 Å². The van der Waals surface area contributed by atoms with Gasteiger partial charge in [-0.15, -0.1) is 5.10 Å². The minimum Gasteiger partial charge on any atom is -0.472 e. The Hall–Kier alpha value is -2.06. The van der Waals surface area contributed by atoms with Gasteiger partial charge in [-0.05, 0) is 26.7 Å². The Morgan fingerprint density at radius 3 is 2.88 bits per heavy atom. The zero-order valence-corrected chi connectivity index (χ0v) is 15.7. The van der Waals surface area contributed by atoms with Crippen LogP contribution in [0, 0.1) is 6.92 Å². The third-order valence-corrected chi connectivity index (χ3v) is 5.07. The van der Waals surface area contributed by atoms with Crippen LogP contribution in [0.25, 0.3) is 0 Å². The molecule has 0 aliphatic carbocycles. The number of hydrogen-bond donors (Lipinski definition) is 2. The number of hydrogen-bond acceptors (Lipinski definition) is 7. The molecule has 0 aromatic carbocycles. The summed E-state index contributed by atoms with van der Waals surface area (Å²) in [6.45, 7) is 6.29. The maximum Gasteiger partial charge on any atom is 0.257 e. The number of nitrogens with one attached hydrogen (secondary N) is 2. The van der Waals surface area contributed by atoms with Gasteiger partial charge in [0.05, 0.1) is 24.0 Å². The summed E-state index contributed by atoms with van der Waals surface area (Å²) in [7, 11) is 0. The molecule has 26 heavy (non-hydrogen) atoms. The number of ether oxygens (including phenoxy) is 2. The van der Waals surface area contributed by atoms with Gasteiger partial charge in [-0.2, -0.15) is 4.98 Å². The molecule has 1 unspecified atom stereocenters. The Balaban J connectivity index is 1.73. The van der Waals surface area contributed by atoms with Crippen LogP contribution in [0.15, 0.2) is 6.20 Å². The topological polar surface area (TPSA) is 86.1 Å². The van der Waals surface area contributed by atoms with Gasteiger partial charge in [0.2, 0.25) is 5.95 Å². The van der Waals surface area contributed by atoms with Crippen molar-refractivity contribution in [1.29, 1.82) is 0 Å². The quantitative estimate of drug-likeness (QED) is 0.787. The predicted molar refractivity (Wildman–Crippen MR) is 99.6 cm³/mol. The van der Waals surface area contributed by atoms with Crippen molar-refractivity contribution < 1.29 is 9.47 Å². The van der Waals surface area contributed by atoms with Crippen molar-refractivity contribution in [2.45, 2.75) is 45.3 Å². The van der Waals surface area contributed by atoms with Crippen molar-refractivity contribution >= 4 is 29.1 Å². The lowest BCUT2D eigenvalue weighted by molar-refractivity contribution is 0.0650. The first-order valence-electron chi connectivity index (χ1n) is 8.98. The molecule has 8 nitrogen and oxygen atoms in total. The van der Waals surface area contributed by atoms with Crippen molar-refractivity contribution in [1.82, 2.24) is 19.7 Å². The second-order valence-electron chi connectivity index (χ2n) is 6.71. The van der Waals surface area contributed by atoms with Gasteiger partial charge in [0.25, 0.3) is 5.88 Å². The highest BCUT2D eigenvalue weighted by molar-refractivity contribution is 6.32. The van der Waals surface area contributed by atoms with Crippen molar-refractivity contribution in [3.63, 3.8) is 0 Å². The number of anilines is 3. The average molecular weight is 379 g/mol. The van der Waals surface area contributed by atoms with Gasteiger partial charge in [-0.1, -0.05) is 11.6 Å². The Bertz CT molecular complexity index is 790. The summed E-state index contributed by atoms with van der Waals surface area (Å²) in [6.07, 6.45) is 4.30. The van der Waals surface area contributed by atoms with Crippen LogP contribution >= 0.6 is 11.6 Å². The molecule has 2 N–H and O–H groups in total. The van der Waals surface area contributed by atoms with E-state index in [1.807, 2.05) is 18.5 Å². The lowest BCUT2D eigenvalue weighted by atomic mass is 10.1. The molecule has 0 amide bonds. The van der Waals surface area contributed by atoms with E-state index in [9.17, 15) is 0 Å². The highest BCUT2D eigenvalue weighted by atomic mass is 35.5. The molecule has 4 heterocycles. The van der Waals surface area contributed by atoms with Gasteiger partial charge >= 0.3 is 0 Å². The lowest BCUT2D eigenvalue weighted by Gasteiger charge is -2.23. The highest BCUT2D eigenvalue weighted by Gasteiger charge is 2.25. The lowest BCUT2D eigenvalue weighted by Crippen LogP contribution is -2.22. The molecule has 0 saturated carbocycles. The van der Waals surface area contributed by atoms with Crippen molar-refractivity contribution in [2.24, 2.45) is 0 Å². The van der Waals surface area contributed by atoms with E-state index >= 15 is 0 Å². The third kappa shape index (κ3) is 3.43. The van der Waals surface area contributed by atoms with E-state index in [0.717, 1.165) is 43.9 Å². The Morgan fingerprint density at radius 1 is 1.27 bits per heavy atom. The molecule has 0 spiro atoms. The number of fused-ring (bicyclic) bond motifs is 3. The first kappa shape index (κ1) is 17.4. The van der Waals surface area contributed by atoms with E-state index in [4.69, 9.17) is 26.2 Å². The molecule has 4 rings (SSSR count). The summed E-state index contributed by atoms with van der Waals surface area (Å²) in [4.78, 5) is 8.77. The first-order chi connectivity index (χ1) is 12.6. The van der Waals surface area contributed by atoms with E-state index in [0.29, 0.717) is 35.3 Å². The molecule has 1 fully saturated rings. The normalized spacial score (nSPS) is 21.0. The van der Waals surface area contributed by atoms with E-state index in [1.54, 1.807) is 6.20 Å². The van der Waals surface area contributed by atoms with Crippen molar-refractivity contribution in [2.75, 3.05) is 30.4 Å². The minimum atomic E-state index is 0.00346. The standard InChI is InChI=1S/C17H23ClN6O2/c1-10-3-6-19-15-13(18)9-20-17(22-15)21-14-11(2)24(23-16(14)26-10)12-4-7-25-8-5-12/h9-10,12H,3-8H2,1-2H3,(H2,19,20,21,22). The fraction of sp³-hybridized carbons (Fsp3) is 0.588. The van der Waals surface area contributed by atoms with Crippen LogP contribution in [0.1, 0.15) is 37.9 Å². The summed E-state index contributed by atoms with van der Waals surface area (Å²) in [5, 5.41) is 11.8. The maximum absolute atomic E-state index is 6.19. The molecule has 9 heteroatoms. The molecular weight excluding hydrogens is 356 g/mol. The second kappa shape index (κ2) is 7.28. The molecule has 2 aromatic rings. The largest absolute Gasteiger partial charge is 0.472 e. The van der Waals surface area contributed by atoms with Gasteiger partial charge in [-0.3, -0.25) is 4.68 Å². The van der Waals surface area contributed by atoms with Crippen molar-refractivity contribution in [3.8, 4) is 5.88 Å². The monoisotopic (exact) mass is 378 g/mol. The summed E-state index contributed by atoms with van der Waals surface area (Å²) >= 11 is 6.19. The van der Waals surface area contributed by atoms with E-state index in [1.165, 1.54) is 0 Å². The smallest absolute Gasteiger partial charge is 0.257 e.